The van der Waals surface area contributed by atoms with Gasteiger partial charge in [-0.15, -0.1) is 0 Å². The zero-order valence-corrected chi connectivity index (χ0v) is 6.39. The normalized spacial score (nSPS) is 10.8. The van der Waals surface area contributed by atoms with E-state index in [9.17, 15) is 0 Å². The Bertz CT molecular complexity index is 185. The summed E-state index contributed by atoms with van der Waals surface area (Å²) in [6.07, 6.45) is 2.96. The number of hydrogen-bond donors (Lipinski definition) is 1. The standard InChI is InChI=1S/C8H11BO/c1-4-7(9)5-8(10)6(2)3/h4-5,10H,1H2,2-3H3/b7-5+. The molecule has 2 heteroatoms. The fraction of sp³-hybridized carbons (Fsp3) is 0.250. The fourth-order valence-electron chi connectivity index (χ4n) is 0.361. The number of rotatable bonds is 2. The van der Waals surface area contributed by atoms with Gasteiger partial charge in [0.05, 0.1) is 0 Å². The Balaban J connectivity index is 4.42. The van der Waals surface area contributed by atoms with E-state index in [1.165, 1.54) is 12.2 Å². The molecule has 0 amide bonds. The Hall–Kier alpha value is -0.915. The smallest absolute Gasteiger partial charge is 0.113 e. The van der Waals surface area contributed by atoms with Crippen molar-refractivity contribution in [2.24, 2.45) is 0 Å². The lowest BCUT2D eigenvalue weighted by atomic mass is 9.95. The van der Waals surface area contributed by atoms with E-state index in [0.717, 1.165) is 5.57 Å². The summed E-state index contributed by atoms with van der Waals surface area (Å²) in [5.74, 6) is 0.206. The Morgan fingerprint density at radius 2 is 2.00 bits per heavy atom. The predicted molar refractivity (Wildman–Crippen MR) is 45.0 cm³/mol. The van der Waals surface area contributed by atoms with E-state index < -0.39 is 0 Å². The third kappa shape index (κ3) is 3.18. The van der Waals surface area contributed by atoms with Crippen LogP contribution in [-0.2, 0) is 0 Å². The molecule has 0 spiro atoms. The molecule has 10 heavy (non-hydrogen) atoms. The van der Waals surface area contributed by atoms with Crippen LogP contribution < -0.4 is 0 Å². The number of hydrogen-bond acceptors (Lipinski definition) is 1. The van der Waals surface area contributed by atoms with E-state index in [2.05, 4.69) is 6.58 Å². The molecule has 0 saturated heterocycles. The molecule has 0 aromatic carbocycles. The molecule has 0 aromatic heterocycles. The molecule has 0 aliphatic rings. The van der Waals surface area contributed by atoms with Crippen LogP contribution in [0, 0.1) is 0 Å². The molecule has 0 heterocycles. The van der Waals surface area contributed by atoms with Crippen molar-refractivity contribution in [1.29, 1.82) is 0 Å². The van der Waals surface area contributed by atoms with Gasteiger partial charge in [0.25, 0.3) is 0 Å². The summed E-state index contributed by atoms with van der Waals surface area (Å²) in [7, 11) is 5.36. The topological polar surface area (TPSA) is 20.2 Å². The molecule has 0 aliphatic heterocycles. The van der Waals surface area contributed by atoms with Crippen molar-refractivity contribution >= 4 is 7.85 Å². The molecular weight excluding hydrogens is 123 g/mol. The maximum Gasteiger partial charge on any atom is 0.113 e. The minimum Gasteiger partial charge on any atom is -0.508 e. The Morgan fingerprint density at radius 1 is 1.50 bits per heavy atom. The summed E-state index contributed by atoms with van der Waals surface area (Å²) < 4.78 is 0. The van der Waals surface area contributed by atoms with Gasteiger partial charge in [0.2, 0.25) is 0 Å². The van der Waals surface area contributed by atoms with Crippen molar-refractivity contribution in [3.8, 4) is 0 Å². The van der Waals surface area contributed by atoms with Crippen molar-refractivity contribution in [1.82, 2.24) is 0 Å². The molecule has 0 fully saturated rings. The van der Waals surface area contributed by atoms with Gasteiger partial charge in [0.15, 0.2) is 0 Å². The highest BCUT2D eigenvalue weighted by Gasteiger charge is 1.88. The first kappa shape index (κ1) is 9.08. The van der Waals surface area contributed by atoms with Crippen molar-refractivity contribution < 1.29 is 5.11 Å². The molecule has 0 rings (SSSR count). The van der Waals surface area contributed by atoms with Gasteiger partial charge in [-0.1, -0.05) is 18.1 Å². The van der Waals surface area contributed by atoms with E-state index in [1.807, 2.05) is 13.8 Å². The van der Waals surface area contributed by atoms with E-state index in [4.69, 9.17) is 13.0 Å². The SMILES string of the molecule is [B]/C(C=C)=C/C(O)=C(C)C. The summed E-state index contributed by atoms with van der Waals surface area (Å²) in [6, 6.07) is 0. The lowest BCUT2D eigenvalue weighted by Gasteiger charge is -1.95. The summed E-state index contributed by atoms with van der Waals surface area (Å²) in [5.41, 5.74) is 1.31. The van der Waals surface area contributed by atoms with Crippen molar-refractivity contribution in [3.05, 3.63) is 35.5 Å². The molecule has 0 aromatic rings. The molecule has 0 unspecified atom stereocenters. The number of aliphatic hydroxyl groups is 1. The molecular formula is C8H11BO. The van der Waals surface area contributed by atoms with Gasteiger partial charge in [-0.25, -0.2) is 0 Å². The van der Waals surface area contributed by atoms with Crippen molar-refractivity contribution in [3.63, 3.8) is 0 Å². The van der Waals surface area contributed by atoms with Crippen LogP contribution in [0.25, 0.3) is 0 Å². The van der Waals surface area contributed by atoms with Gasteiger partial charge in [-0.2, -0.15) is 0 Å². The monoisotopic (exact) mass is 134 g/mol. The van der Waals surface area contributed by atoms with Crippen molar-refractivity contribution in [2.75, 3.05) is 0 Å². The van der Waals surface area contributed by atoms with Crippen LogP contribution >= 0.6 is 0 Å². The highest BCUT2D eigenvalue weighted by Crippen LogP contribution is 2.02. The second-order valence-corrected chi connectivity index (χ2v) is 2.23. The lowest BCUT2D eigenvalue weighted by Crippen LogP contribution is -1.82. The summed E-state index contributed by atoms with van der Waals surface area (Å²) in [5, 5.41) is 9.10. The number of aliphatic hydroxyl groups excluding tert-OH is 1. The van der Waals surface area contributed by atoms with Gasteiger partial charge in [0, 0.05) is 0 Å². The molecule has 0 saturated carbocycles. The largest absolute Gasteiger partial charge is 0.508 e. The average Bonchev–Trinajstić information content (AvgIpc) is 1.87. The van der Waals surface area contributed by atoms with Crippen LogP contribution in [0.1, 0.15) is 13.8 Å². The summed E-state index contributed by atoms with van der Waals surface area (Å²) in [6.45, 7) is 7.06. The molecule has 1 N–H and O–H groups in total. The van der Waals surface area contributed by atoms with E-state index in [-0.39, 0.29) is 5.76 Å². The predicted octanol–water partition coefficient (Wildman–Crippen LogP) is 2.08. The first-order chi connectivity index (χ1) is 4.57. The highest BCUT2D eigenvalue weighted by atomic mass is 16.3. The zero-order valence-electron chi connectivity index (χ0n) is 6.39. The van der Waals surface area contributed by atoms with E-state index in [1.54, 1.807) is 0 Å². The Kier molecular flexibility index (Phi) is 3.63. The Morgan fingerprint density at radius 3 is 2.30 bits per heavy atom. The quantitative estimate of drug-likeness (QED) is 0.348. The summed E-state index contributed by atoms with van der Waals surface area (Å²) >= 11 is 0. The van der Waals surface area contributed by atoms with Gasteiger partial charge < -0.3 is 5.11 Å². The second-order valence-electron chi connectivity index (χ2n) is 2.23. The van der Waals surface area contributed by atoms with Crippen LogP contribution in [-0.4, -0.2) is 13.0 Å². The van der Waals surface area contributed by atoms with E-state index in [0.29, 0.717) is 5.47 Å². The van der Waals surface area contributed by atoms with Crippen LogP contribution in [0.15, 0.2) is 35.5 Å². The molecule has 2 radical (unpaired) electrons. The Labute approximate surface area is 63.2 Å². The number of allylic oxidation sites excluding steroid dienone is 4. The van der Waals surface area contributed by atoms with Crippen LogP contribution in [0.5, 0.6) is 0 Å². The lowest BCUT2D eigenvalue weighted by molar-refractivity contribution is 0.425. The highest BCUT2D eigenvalue weighted by molar-refractivity contribution is 6.23. The maximum atomic E-state index is 9.10. The van der Waals surface area contributed by atoms with Gasteiger partial charge >= 0.3 is 0 Å². The summed E-state index contributed by atoms with van der Waals surface area (Å²) in [4.78, 5) is 0. The molecule has 0 aliphatic carbocycles. The van der Waals surface area contributed by atoms with Gasteiger partial charge in [0.1, 0.15) is 13.6 Å². The molecule has 0 atom stereocenters. The molecule has 1 nitrogen and oxygen atoms in total. The first-order valence-corrected chi connectivity index (χ1v) is 3.04. The second kappa shape index (κ2) is 3.99. The van der Waals surface area contributed by atoms with Crippen LogP contribution in [0.2, 0.25) is 0 Å². The van der Waals surface area contributed by atoms with Crippen molar-refractivity contribution in [2.45, 2.75) is 13.8 Å². The fourth-order valence-corrected chi connectivity index (χ4v) is 0.361. The molecule has 0 bridgehead atoms. The maximum absolute atomic E-state index is 9.10. The molecule has 52 valence electrons. The zero-order chi connectivity index (χ0) is 8.15. The minimum absolute atomic E-state index is 0.206. The first-order valence-electron chi connectivity index (χ1n) is 3.04. The average molecular weight is 134 g/mol. The van der Waals surface area contributed by atoms with Gasteiger partial charge in [-0.3, -0.25) is 0 Å². The van der Waals surface area contributed by atoms with Gasteiger partial charge in [-0.05, 0) is 25.5 Å². The van der Waals surface area contributed by atoms with Crippen LogP contribution in [0.3, 0.4) is 0 Å². The third-order valence-corrected chi connectivity index (χ3v) is 1.05. The third-order valence-electron chi connectivity index (χ3n) is 1.05. The minimum atomic E-state index is 0.206. The van der Waals surface area contributed by atoms with Crippen LogP contribution in [0.4, 0.5) is 0 Å². The van der Waals surface area contributed by atoms with E-state index >= 15 is 0 Å².